The summed E-state index contributed by atoms with van der Waals surface area (Å²) in [6.07, 6.45) is 5.22. The Morgan fingerprint density at radius 1 is 0.800 bits per heavy atom. The van der Waals surface area contributed by atoms with Crippen molar-refractivity contribution in [1.29, 1.82) is 0 Å². The average molecular weight is 474 g/mol. The smallest absolute Gasteiger partial charge is 0.103 e. The minimum atomic E-state index is 0.174. The molecule has 1 atom stereocenters. The maximum Gasteiger partial charge on any atom is 0.103 e. The fourth-order valence-electron chi connectivity index (χ4n) is 5.16. The summed E-state index contributed by atoms with van der Waals surface area (Å²) in [6.45, 7) is 2.17. The van der Waals surface area contributed by atoms with Crippen molar-refractivity contribution in [3.05, 3.63) is 132 Å². The Labute approximate surface area is 210 Å². The first-order chi connectivity index (χ1) is 17.2. The van der Waals surface area contributed by atoms with Gasteiger partial charge in [-0.05, 0) is 61.0 Å². The summed E-state index contributed by atoms with van der Waals surface area (Å²) >= 11 is 1.87. The summed E-state index contributed by atoms with van der Waals surface area (Å²) in [4.78, 5) is 2.44. The molecule has 0 saturated heterocycles. The molecule has 1 unspecified atom stereocenters. The highest BCUT2D eigenvalue weighted by Crippen LogP contribution is 2.46. The molecule has 6 rings (SSSR count). The Balaban J connectivity index is 1.56. The van der Waals surface area contributed by atoms with E-state index in [1.165, 1.54) is 48.4 Å². The number of benzene rings is 4. The molecule has 0 saturated carbocycles. The van der Waals surface area contributed by atoms with Crippen molar-refractivity contribution < 1.29 is 4.74 Å². The fourth-order valence-corrected chi connectivity index (χ4v) is 6.27. The van der Waals surface area contributed by atoms with E-state index in [-0.39, 0.29) is 5.92 Å². The maximum absolute atomic E-state index is 5.83. The molecule has 1 aromatic heterocycles. The van der Waals surface area contributed by atoms with Gasteiger partial charge in [-0.2, -0.15) is 0 Å². The molecular weight excluding hydrogens is 446 g/mol. The first kappa shape index (κ1) is 21.7. The highest BCUT2D eigenvalue weighted by Gasteiger charge is 2.27. The number of rotatable bonds is 5. The highest BCUT2D eigenvalue weighted by molar-refractivity contribution is 7.26. The number of thiophene rings is 1. The monoisotopic (exact) mass is 473 g/mol. The van der Waals surface area contributed by atoms with Crippen LogP contribution in [0.4, 0.5) is 11.4 Å². The second-order valence-corrected chi connectivity index (χ2v) is 10.1. The van der Waals surface area contributed by atoms with Crippen LogP contribution in [0.1, 0.15) is 23.5 Å². The molecule has 1 aliphatic carbocycles. The molecular formula is C32H27NOS. The van der Waals surface area contributed by atoms with Gasteiger partial charge in [-0.1, -0.05) is 66.2 Å². The van der Waals surface area contributed by atoms with Crippen LogP contribution in [-0.2, 0) is 4.74 Å². The maximum atomic E-state index is 5.83. The van der Waals surface area contributed by atoms with Gasteiger partial charge in [0.15, 0.2) is 0 Å². The summed E-state index contributed by atoms with van der Waals surface area (Å²) in [5.41, 5.74) is 6.20. The van der Waals surface area contributed by atoms with Gasteiger partial charge in [0.2, 0.25) is 0 Å². The molecule has 2 nitrogen and oxygen atoms in total. The quantitative estimate of drug-likeness (QED) is 0.252. The van der Waals surface area contributed by atoms with E-state index in [2.05, 4.69) is 121 Å². The van der Waals surface area contributed by atoms with Gasteiger partial charge >= 0.3 is 0 Å². The minimum Gasteiger partial charge on any atom is -0.500 e. The molecule has 0 N–H and O–H groups in total. The SMILES string of the molecule is COC1=CC=C(N(c2ccccc2)c2cccc3sc4ccc(C)cc4c23)CC1c1ccccc1. The molecule has 0 spiro atoms. The third kappa shape index (κ3) is 3.92. The zero-order chi connectivity index (χ0) is 23.8. The number of hydrogen-bond acceptors (Lipinski definition) is 3. The van der Waals surface area contributed by atoms with Crippen LogP contribution in [0.5, 0.6) is 0 Å². The molecule has 0 fully saturated rings. The number of hydrogen-bond donors (Lipinski definition) is 0. The first-order valence-electron chi connectivity index (χ1n) is 12.0. The van der Waals surface area contributed by atoms with Gasteiger partial charge in [-0.25, -0.2) is 0 Å². The van der Waals surface area contributed by atoms with Crippen LogP contribution in [0.2, 0.25) is 0 Å². The van der Waals surface area contributed by atoms with Crippen LogP contribution in [0.3, 0.4) is 0 Å². The number of para-hydroxylation sites is 1. The van der Waals surface area contributed by atoms with Crippen molar-refractivity contribution in [3.63, 3.8) is 0 Å². The minimum absolute atomic E-state index is 0.174. The average Bonchev–Trinajstić information content (AvgIpc) is 3.28. The predicted molar refractivity (Wildman–Crippen MR) is 150 cm³/mol. The van der Waals surface area contributed by atoms with Crippen LogP contribution >= 0.6 is 11.3 Å². The van der Waals surface area contributed by atoms with Crippen molar-refractivity contribution in [3.8, 4) is 0 Å². The topological polar surface area (TPSA) is 12.5 Å². The van der Waals surface area contributed by atoms with Crippen molar-refractivity contribution in [2.24, 2.45) is 0 Å². The molecule has 0 radical (unpaired) electrons. The van der Waals surface area contributed by atoms with Gasteiger partial charge in [-0.3, -0.25) is 0 Å². The highest BCUT2D eigenvalue weighted by atomic mass is 32.1. The van der Waals surface area contributed by atoms with E-state index < -0.39 is 0 Å². The molecule has 172 valence electrons. The molecule has 0 bridgehead atoms. The summed E-state index contributed by atoms with van der Waals surface area (Å²) < 4.78 is 8.47. The standard InChI is InChI=1S/C32H27NOS/c1-22-16-19-30-27(20-22)32-28(14-9-15-31(32)35-30)33(24-12-7-4-8-13-24)25-17-18-29(34-2)26(21-25)23-10-5-3-6-11-23/h3-20,26H,21H2,1-2H3. The van der Waals surface area contributed by atoms with Crippen LogP contribution in [0.15, 0.2) is 121 Å². The van der Waals surface area contributed by atoms with E-state index in [0.717, 1.165) is 12.2 Å². The van der Waals surface area contributed by atoms with Crippen LogP contribution in [0, 0.1) is 6.92 Å². The number of fused-ring (bicyclic) bond motifs is 3. The predicted octanol–water partition coefficient (Wildman–Crippen LogP) is 9.10. The Hall–Kier alpha value is -3.82. The molecule has 5 aromatic rings. The Morgan fingerprint density at radius 3 is 2.34 bits per heavy atom. The Morgan fingerprint density at radius 2 is 1.57 bits per heavy atom. The van der Waals surface area contributed by atoms with Gasteiger partial charge in [0, 0.05) is 43.9 Å². The number of nitrogens with zero attached hydrogens (tertiary/aromatic N) is 1. The summed E-state index contributed by atoms with van der Waals surface area (Å²) in [7, 11) is 1.77. The van der Waals surface area contributed by atoms with Crippen LogP contribution in [0.25, 0.3) is 20.2 Å². The molecule has 4 aromatic carbocycles. The second kappa shape index (κ2) is 9.09. The molecule has 3 heteroatoms. The van der Waals surface area contributed by atoms with E-state index in [0.29, 0.717) is 0 Å². The first-order valence-corrected chi connectivity index (χ1v) is 12.8. The van der Waals surface area contributed by atoms with Crippen molar-refractivity contribution in [1.82, 2.24) is 0 Å². The molecule has 35 heavy (non-hydrogen) atoms. The lowest BCUT2D eigenvalue weighted by Crippen LogP contribution is -2.21. The van der Waals surface area contributed by atoms with Gasteiger partial charge in [-0.15, -0.1) is 11.3 Å². The summed E-state index contributed by atoms with van der Waals surface area (Å²) in [5, 5.41) is 2.64. The number of ether oxygens (including phenoxy) is 1. The lowest BCUT2D eigenvalue weighted by molar-refractivity contribution is 0.261. The summed E-state index contributed by atoms with van der Waals surface area (Å²) in [6, 6.07) is 34.9. The second-order valence-electron chi connectivity index (χ2n) is 9.02. The lowest BCUT2D eigenvalue weighted by atomic mass is 9.88. The van der Waals surface area contributed by atoms with E-state index in [1.54, 1.807) is 7.11 Å². The van der Waals surface area contributed by atoms with Crippen molar-refractivity contribution >= 4 is 42.9 Å². The van der Waals surface area contributed by atoms with Gasteiger partial charge in [0.25, 0.3) is 0 Å². The number of methoxy groups -OCH3 is 1. The molecule has 0 aliphatic heterocycles. The molecule has 1 heterocycles. The largest absolute Gasteiger partial charge is 0.500 e. The van der Waals surface area contributed by atoms with Gasteiger partial charge in [0.1, 0.15) is 5.76 Å². The summed E-state index contributed by atoms with van der Waals surface area (Å²) in [5.74, 6) is 1.18. The van der Waals surface area contributed by atoms with Gasteiger partial charge in [0.05, 0.1) is 12.8 Å². The van der Waals surface area contributed by atoms with E-state index >= 15 is 0 Å². The number of anilines is 2. The van der Waals surface area contributed by atoms with Crippen molar-refractivity contribution in [2.45, 2.75) is 19.3 Å². The zero-order valence-corrected chi connectivity index (χ0v) is 20.8. The van der Waals surface area contributed by atoms with Crippen LogP contribution < -0.4 is 4.90 Å². The Bertz CT molecular complexity index is 1560. The van der Waals surface area contributed by atoms with Crippen LogP contribution in [-0.4, -0.2) is 7.11 Å². The van der Waals surface area contributed by atoms with Gasteiger partial charge < -0.3 is 9.64 Å². The molecule has 0 amide bonds. The lowest BCUT2D eigenvalue weighted by Gasteiger charge is -2.33. The number of aryl methyl sites for hydroxylation is 1. The Kier molecular flexibility index (Phi) is 5.63. The number of allylic oxidation sites excluding steroid dienone is 4. The zero-order valence-electron chi connectivity index (χ0n) is 19.9. The fraction of sp³-hybridized carbons (Fsp3) is 0.125. The third-order valence-corrected chi connectivity index (χ3v) is 7.94. The normalized spacial score (nSPS) is 15.7. The third-order valence-electron chi connectivity index (χ3n) is 6.81. The van der Waals surface area contributed by atoms with E-state index in [1.807, 2.05) is 11.3 Å². The van der Waals surface area contributed by atoms with E-state index in [4.69, 9.17) is 4.74 Å². The van der Waals surface area contributed by atoms with Crippen molar-refractivity contribution in [2.75, 3.05) is 12.0 Å². The molecule has 1 aliphatic rings. The van der Waals surface area contributed by atoms with E-state index in [9.17, 15) is 0 Å².